The summed E-state index contributed by atoms with van der Waals surface area (Å²) in [5.74, 6) is 0.559. The number of para-hydroxylation sites is 1. The Morgan fingerprint density at radius 1 is 1.23 bits per heavy atom. The van der Waals surface area contributed by atoms with Gasteiger partial charge in [0.2, 0.25) is 11.7 Å². The van der Waals surface area contributed by atoms with Gasteiger partial charge >= 0.3 is 0 Å². The minimum absolute atomic E-state index is 0.0505. The first-order valence-electron chi connectivity index (χ1n) is 9.58. The molecule has 0 N–H and O–H groups in total. The number of amides is 1. The zero-order valence-electron chi connectivity index (χ0n) is 16.9. The van der Waals surface area contributed by atoms with E-state index in [-0.39, 0.29) is 17.2 Å². The molecule has 0 bridgehead atoms. The van der Waals surface area contributed by atoms with Gasteiger partial charge in [-0.15, -0.1) is 16.8 Å². The Kier molecular flexibility index (Phi) is 6.11. The molecule has 0 aliphatic carbocycles. The van der Waals surface area contributed by atoms with Crippen molar-refractivity contribution in [2.45, 2.75) is 18.2 Å². The lowest BCUT2D eigenvalue weighted by Gasteiger charge is -2.17. The fourth-order valence-corrected chi connectivity index (χ4v) is 4.45. The van der Waals surface area contributed by atoms with Crippen molar-refractivity contribution in [3.05, 3.63) is 82.1 Å². The van der Waals surface area contributed by atoms with Crippen molar-refractivity contribution in [2.75, 3.05) is 12.8 Å². The van der Waals surface area contributed by atoms with E-state index in [0.717, 1.165) is 5.56 Å². The van der Waals surface area contributed by atoms with Crippen molar-refractivity contribution in [1.82, 2.24) is 24.1 Å². The maximum absolute atomic E-state index is 12.9. The van der Waals surface area contributed by atoms with Crippen LogP contribution in [0.25, 0.3) is 16.7 Å². The Morgan fingerprint density at radius 3 is 2.81 bits per heavy atom. The number of carbonyl (C=O) groups excluding carboxylic acids is 1. The highest BCUT2D eigenvalue weighted by Crippen LogP contribution is 2.22. The molecular formula is C22H20ClN5O2S. The Balaban J connectivity index is 1.61. The summed E-state index contributed by atoms with van der Waals surface area (Å²) in [6.45, 7) is 4.51. The first-order chi connectivity index (χ1) is 15.0. The number of allylic oxidation sites excluding steroid dienone is 1. The predicted molar refractivity (Wildman–Crippen MR) is 124 cm³/mol. The predicted octanol–water partition coefficient (Wildman–Crippen LogP) is 3.63. The second-order valence-electron chi connectivity index (χ2n) is 7.01. The van der Waals surface area contributed by atoms with Crippen LogP contribution in [0.15, 0.2) is 71.1 Å². The normalized spacial score (nSPS) is 11.2. The molecule has 4 rings (SSSR count). The van der Waals surface area contributed by atoms with E-state index in [9.17, 15) is 9.59 Å². The summed E-state index contributed by atoms with van der Waals surface area (Å²) in [5, 5.41) is 10.2. The van der Waals surface area contributed by atoms with Crippen LogP contribution in [0.4, 0.5) is 0 Å². The lowest BCUT2D eigenvalue weighted by atomic mass is 10.2. The number of hydrogen-bond acceptors (Lipinski definition) is 5. The Morgan fingerprint density at radius 2 is 2.03 bits per heavy atom. The van der Waals surface area contributed by atoms with E-state index < -0.39 is 0 Å². The summed E-state index contributed by atoms with van der Waals surface area (Å²) in [4.78, 5) is 27.2. The summed E-state index contributed by atoms with van der Waals surface area (Å²) in [5.41, 5.74) is 1.51. The Hall–Kier alpha value is -3.10. The molecule has 0 saturated heterocycles. The first kappa shape index (κ1) is 21.1. The minimum Gasteiger partial charge on any atom is -0.341 e. The van der Waals surface area contributed by atoms with Gasteiger partial charge in [-0.3, -0.25) is 18.6 Å². The van der Waals surface area contributed by atoms with Gasteiger partial charge in [0.15, 0.2) is 5.16 Å². The molecule has 9 heteroatoms. The van der Waals surface area contributed by atoms with Crippen molar-refractivity contribution < 1.29 is 4.79 Å². The lowest BCUT2D eigenvalue weighted by molar-refractivity contribution is -0.127. The van der Waals surface area contributed by atoms with E-state index in [0.29, 0.717) is 39.9 Å². The number of carbonyl (C=O) groups is 1. The highest BCUT2D eigenvalue weighted by molar-refractivity contribution is 7.99. The summed E-state index contributed by atoms with van der Waals surface area (Å²) in [6.07, 6.45) is 1.64. The molecule has 158 valence electrons. The van der Waals surface area contributed by atoms with Gasteiger partial charge in [0.05, 0.1) is 16.7 Å². The molecule has 0 fully saturated rings. The van der Waals surface area contributed by atoms with Gasteiger partial charge in [-0.05, 0) is 29.8 Å². The van der Waals surface area contributed by atoms with Crippen molar-refractivity contribution in [3.8, 4) is 0 Å². The molecule has 0 unspecified atom stereocenters. The maximum atomic E-state index is 12.9. The van der Waals surface area contributed by atoms with Crippen molar-refractivity contribution in [3.63, 3.8) is 0 Å². The fourth-order valence-electron chi connectivity index (χ4n) is 3.35. The van der Waals surface area contributed by atoms with E-state index in [4.69, 9.17) is 11.6 Å². The van der Waals surface area contributed by atoms with E-state index >= 15 is 0 Å². The maximum Gasteiger partial charge on any atom is 0.263 e. The first-order valence-corrected chi connectivity index (χ1v) is 10.9. The molecule has 4 aromatic rings. The molecule has 0 aliphatic heterocycles. The van der Waals surface area contributed by atoms with Gasteiger partial charge in [-0.1, -0.05) is 53.7 Å². The molecule has 31 heavy (non-hydrogen) atoms. The van der Waals surface area contributed by atoms with Gasteiger partial charge in [-0.25, -0.2) is 0 Å². The van der Waals surface area contributed by atoms with Gasteiger partial charge in [-0.2, -0.15) is 0 Å². The van der Waals surface area contributed by atoms with Crippen LogP contribution in [-0.2, 0) is 17.9 Å². The van der Waals surface area contributed by atoms with Crippen molar-refractivity contribution in [2.24, 2.45) is 0 Å². The van der Waals surface area contributed by atoms with Crippen molar-refractivity contribution in [1.29, 1.82) is 0 Å². The number of hydrogen-bond donors (Lipinski definition) is 0. The molecule has 0 atom stereocenters. The third-order valence-corrected chi connectivity index (χ3v) is 6.00. The van der Waals surface area contributed by atoms with Gasteiger partial charge in [0.25, 0.3) is 5.56 Å². The number of benzene rings is 2. The molecule has 1 amide bonds. The largest absolute Gasteiger partial charge is 0.341 e. The van der Waals surface area contributed by atoms with E-state index in [2.05, 4.69) is 16.8 Å². The zero-order chi connectivity index (χ0) is 22.0. The van der Waals surface area contributed by atoms with Crippen LogP contribution in [0, 0.1) is 0 Å². The SMILES string of the molecule is C=CCn1c(=O)c2ccccc2n2c(SCC(=O)N(C)Cc3cccc(Cl)c3)nnc12. The second-order valence-corrected chi connectivity index (χ2v) is 8.39. The topological polar surface area (TPSA) is 72.5 Å². The van der Waals surface area contributed by atoms with E-state index in [1.54, 1.807) is 30.2 Å². The van der Waals surface area contributed by atoms with Gasteiger partial charge < -0.3 is 4.90 Å². The highest BCUT2D eigenvalue weighted by Gasteiger charge is 2.18. The summed E-state index contributed by atoms with van der Waals surface area (Å²) < 4.78 is 3.34. The minimum atomic E-state index is -0.149. The molecule has 0 saturated carbocycles. The summed E-state index contributed by atoms with van der Waals surface area (Å²) in [7, 11) is 1.75. The molecule has 0 spiro atoms. The summed E-state index contributed by atoms with van der Waals surface area (Å²) in [6, 6.07) is 14.7. The van der Waals surface area contributed by atoms with E-state index in [1.165, 1.54) is 16.3 Å². The number of aromatic nitrogens is 4. The zero-order valence-corrected chi connectivity index (χ0v) is 18.4. The molecule has 0 radical (unpaired) electrons. The van der Waals surface area contributed by atoms with E-state index in [1.807, 2.05) is 40.8 Å². The van der Waals surface area contributed by atoms with Gasteiger partial charge in [0.1, 0.15) is 0 Å². The molecule has 2 aromatic carbocycles. The Bertz CT molecular complexity index is 1350. The smallest absolute Gasteiger partial charge is 0.263 e. The highest BCUT2D eigenvalue weighted by atomic mass is 35.5. The monoisotopic (exact) mass is 453 g/mol. The number of nitrogens with zero attached hydrogens (tertiary/aromatic N) is 5. The molecule has 0 aliphatic rings. The van der Waals surface area contributed by atoms with Crippen LogP contribution in [0.5, 0.6) is 0 Å². The Labute approximate surface area is 187 Å². The van der Waals surface area contributed by atoms with Crippen LogP contribution < -0.4 is 5.56 Å². The van der Waals surface area contributed by atoms with Crippen LogP contribution in [0.2, 0.25) is 5.02 Å². The quantitative estimate of drug-likeness (QED) is 0.315. The van der Waals surface area contributed by atoms with Crippen LogP contribution in [0.1, 0.15) is 5.56 Å². The average molecular weight is 454 g/mol. The number of fused-ring (bicyclic) bond motifs is 3. The van der Waals surface area contributed by atoms with Crippen LogP contribution >= 0.6 is 23.4 Å². The molecule has 7 nitrogen and oxygen atoms in total. The molecule has 2 aromatic heterocycles. The number of halogens is 1. The number of rotatable bonds is 7. The van der Waals surface area contributed by atoms with Crippen LogP contribution in [0.3, 0.4) is 0 Å². The van der Waals surface area contributed by atoms with Crippen molar-refractivity contribution >= 4 is 46.0 Å². The lowest BCUT2D eigenvalue weighted by Crippen LogP contribution is -2.28. The fraction of sp³-hybridized carbons (Fsp3) is 0.182. The summed E-state index contributed by atoms with van der Waals surface area (Å²) >= 11 is 7.32. The number of thioether (sulfide) groups is 1. The average Bonchev–Trinajstić information content (AvgIpc) is 3.19. The second kappa shape index (κ2) is 8.95. The van der Waals surface area contributed by atoms with Gasteiger partial charge in [0, 0.05) is 25.2 Å². The molecular weight excluding hydrogens is 434 g/mol. The third-order valence-electron chi connectivity index (χ3n) is 4.85. The molecule has 2 heterocycles. The third kappa shape index (κ3) is 4.22. The standard InChI is InChI=1S/C22H20ClN5O2S/c1-3-11-27-20(30)17-9-4-5-10-18(17)28-21(27)24-25-22(28)31-14-19(29)26(2)13-15-7-6-8-16(23)12-15/h3-10,12H,1,11,13-14H2,2H3. The van der Waals surface area contributed by atoms with Crippen LogP contribution in [-0.4, -0.2) is 42.8 Å².